The predicted octanol–water partition coefficient (Wildman–Crippen LogP) is 3.58. The average molecular weight is 337 g/mol. The summed E-state index contributed by atoms with van der Waals surface area (Å²) in [7, 11) is 0. The van der Waals surface area contributed by atoms with Crippen molar-refractivity contribution in [1.29, 1.82) is 0 Å². The molecule has 3 heterocycles. The SMILES string of the molecule is Cc1nc(-c2ccccc2)nc2c1COC[C@@]21CCN(CC(C)C)C1. The largest absolute Gasteiger partial charge is 0.376 e. The molecular formula is C21H27N3O. The van der Waals surface area contributed by atoms with E-state index >= 15 is 0 Å². The summed E-state index contributed by atoms with van der Waals surface area (Å²) < 4.78 is 6.01. The minimum absolute atomic E-state index is 0.0275. The summed E-state index contributed by atoms with van der Waals surface area (Å²) in [5.74, 6) is 1.53. The molecule has 2 aromatic rings. The van der Waals surface area contributed by atoms with Gasteiger partial charge < -0.3 is 9.64 Å². The van der Waals surface area contributed by atoms with E-state index in [0.717, 1.165) is 49.7 Å². The second kappa shape index (κ2) is 6.50. The number of rotatable bonds is 3. The Kier molecular flexibility index (Phi) is 4.34. The smallest absolute Gasteiger partial charge is 0.159 e. The monoisotopic (exact) mass is 337 g/mol. The first-order valence-corrected chi connectivity index (χ1v) is 9.31. The number of nitrogens with zero attached hydrogens (tertiary/aromatic N) is 3. The van der Waals surface area contributed by atoms with E-state index in [0.29, 0.717) is 12.5 Å². The van der Waals surface area contributed by atoms with Crippen molar-refractivity contribution >= 4 is 0 Å². The highest BCUT2D eigenvalue weighted by molar-refractivity contribution is 5.56. The van der Waals surface area contributed by atoms with Crippen LogP contribution in [0, 0.1) is 12.8 Å². The van der Waals surface area contributed by atoms with Crippen molar-refractivity contribution in [2.75, 3.05) is 26.2 Å². The molecule has 0 unspecified atom stereocenters. The molecule has 0 amide bonds. The summed E-state index contributed by atoms with van der Waals surface area (Å²) in [5.41, 5.74) is 4.62. The molecule has 0 radical (unpaired) electrons. The zero-order chi connectivity index (χ0) is 17.4. The van der Waals surface area contributed by atoms with Gasteiger partial charge in [-0.2, -0.15) is 0 Å². The Balaban J connectivity index is 1.75. The molecule has 1 spiro atoms. The van der Waals surface area contributed by atoms with E-state index in [1.807, 2.05) is 18.2 Å². The molecule has 25 heavy (non-hydrogen) atoms. The van der Waals surface area contributed by atoms with Crippen LogP contribution in [0.3, 0.4) is 0 Å². The first-order chi connectivity index (χ1) is 12.1. The maximum absolute atomic E-state index is 6.01. The Morgan fingerprint density at radius 3 is 2.76 bits per heavy atom. The minimum Gasteiger partial charge on any atom is -0.376 e. The quantitative estimate of drug-likeness (QED) is 0.858. The topological polar surface area (TPSA) is 38.3 Å². The number of benzene rings is 1. The van der Waals surface area contributed by atoms with E-state index in [4.69, 9.17) is 14.7 Å². The van der Waals surface area contributed by atoms with Gasteiger partial charge in [0.1, 0.15) is 0 Å². The first kappa shape index (κ1) is 16.7. The Bertz CT molecular complexity index is 759. The number of aromatic nitrogens is 2. The number of aryl methyl sites for hydroxylation is 1. The molecule has 4 nitrogen and oxygen atoms in total. The second-order valence-electron chi connectivity index (χ2n) is 7.98. The molecule has 1 aromatic heterocycles. The van der Waals surface area contributed by atoms with Crippen LogP contribution in [0.15, 0.2) is 30.3 Å². The van der Waals surface area contributed by atoms with Crippen molar-refractivity contribution in [3.8, 4) is 11.4 Å². The fourth-order valence-corrected chi connectivity index (χ4v) is 4.28. The van der Waals surface area contributed by atoms with Crippen LogP contribution in [0.1, 0.15) is 37.2 Å². The van der Waals surface area contributed by atoms with Gasteiger partial charge in [0, 0.05) is 29.9 Å². The van der Waals surface area contributed by atoms with Gasteiger partial charge in [-0.05, 0) is 25.8 Å². The van der Waals surface area contributed by atoms with Crippen LogP contribution in [-0.4, -0.2) is 41.1 Å². The molecular weight excluding hydrogens is 310 g/mol. The maximum Gasteiger partial charge on any atom is 0.159 e. The summed E-state index contributed by atoms with van der Waals surface area (Å²) in [4.78, 5) is 12.4. The molecule has 4 heteroatoms. The lowest BCUT2D eigenvalue weighted by molar-refractivity contribution is 0.0496. The highest BCUT2D eigenvalue weighted by Gasteiger charge is 2.45. The van der Waals surface area contributed by atoms with Gasteiger partial charge in [0.2, 0.25) is 0 Å². The first-order valence-electron chi connectivity index (χ1n) is 9.31. The lowest BCUT2D eigenvalue weighted by Gasteiger charge is -2.35. The summed E-state index contributed by atoms with van der Waals surface area (Å²) in [5, 5.41) is 0. The summed E-state index contributed by atoms with van der Waals surface area (Å²) in [6, 6.07) is 10.3. The highest BCUT2D eigenvalue weighted by Crippen LogP contribution is 2.40. The lowest BCUT2D eigenvalue weighted by atomic mass is 9.80. The van der Waals surface area contributed by atoms with Gasteiger partial charge in [-0.25, -0.2) is 9.97 Å². The van der Waals surface area contributed by atoms with Gasteiger partial charge in [0.15, 0.2) is 5.82 Å². The number of fused-ring (bicyclic) bond motifs is 2. The Hall–Kier alpha value is -1.78. The molecule has 2 aliphatic heterocycles. The normalized spacial score (nSPS) is 23.4. The van der Waals surface area contributed by atoms with Gasteiger partial charge in [0.25, 0.3) is 0 Å². The summed E-state index contributed by atoms with van der Waals surface area (Å²) in [6.45, 7) is 11.4. The molecule has 0 N–H and O–H groups in total. The molecule has 0 saturated carbocycles. The van der Waals surface area contributed by atoms with E-state index in [2.05, 4.69) is 37.8 Å². The molecule has 132 valence electrons. The van der Waals surface area contributed by atoms with Crippen LogP contribution >= 0.6 is 0 Å². The average Bonchev–Trinajstić information content (AvgIpc) is 2.99. The fraction of sp³-hybridized carbons (Fsp3) is 0.524. The molecule has 1 aromatic carbocycles. The lowest BCUT2D eigenvalue weighted by Crippen LogP contribution is -2.41. The van der Waals surface area contributed by atoms with Crippen molar-refractivity contribution in [2.45, 2.75) is 39.2 Å². The Labute approximate surface area is 150 Å². The van der Waals surface area contributed by atoms with E-state index < -0.39 is 0 Å². The second-order valence-corrected chi connectivity index (χ2v) is 7.98. The van der Waals surface area contributed by atoms with Crippen LogP contribution < -0.4 is 0 Å². The third-order valence-electron chi connectivity index (χ3n) is 5.43. The molecule has 0 aliphatic carbocycles. The number of hydrogen-bond acceptors (Lipinski definition) is 4. The predicted molar refractivity (Wildman–Crippen MR) is 99.4 cm³/mol. The van der Waals surface area contributed by atoms with Crippen LogP contribution in [0.5, 0.6) is 0 Å². The molecule has 2 aliphatic rings. The standard InChI is InChI=1S/C21H27N3O/c1-15(2)11-24-10-9-21(13-24)14-25-12-18-16(3)22-20(23-19(18)21)17-7-5-4-6-8-17/h4-8,15H,9-14H2,1-3H3/t21-/m0/s1. The highest BCUT2D eigenvalue weighted by atomic mass is 16.5. The van der Waals surface area contributed by atoms with Crippen molar-refractivity contribution < 1.29 is 4.74 Å². The third kappa shape index (κ3) is 3.09. The van der Waals surface area contributed by atoms with Gasteiger partial charge in [-0.3, -0.25) is 0 Å². The van der Waals surface area contributed by atoms with Gasteiger partial charge in [-0.1, -0.05) is 44.2 Å². The number of ether oxygens (including phenoxy) is 1. The Morgan fingerprint density at radius 1 is 1.20 bits per heavy atom. The zero-order valence-corrected chi connectivity index (χ0v) is 15.5. The minimum atomic E-state index is 0.0275. The van der Waals surface area contributed by atoms with Crippen molar-refractivity contribution in [3.05, 3.63) is 47.3 Å². The van der Waals surface area contributed by atoms with Crippen LogP contribution in [0.4, 0.5) is 0 Å². The van der Waals surface area contributed by atoms with E-state index in [1.54, 1.807) is 0 Å². The van der Waals surface area contributed by atoms with Gasteiger partial charge in [-0.15, -0.1) is 0 Å². The van der Waals surface area contributed by atoms with Crippen LogP contribution in [0.2, 0.25) is 0 Å². The van der Waals surface area contributed by atoms with Crippen molar-refractivity contribution in [3.63, 3.8) is 0 Å². The van der Waals surface area contributed by atoms with Crippen LogP contribution in [-0.2, 0) is 16.8 Å². The van der Waals surface area contributed by atoms with Crippen LogP contribution in [0.25, 0.3) is 11.4 Å². The number of hydrogen-bond donors (Lipinski definition) is 0. The van der Waals surface area contributed by atoms with E-state index in [1.165, 1.54) is 11.3 Å². The fourth-order valence-electron chi connectivity index (χ4n) is 4.28. The Morgan fingerprint density at radius 2 is 2.00 bits per heavy atom. The summed E-state index contributed by atoms with van der Waals surface area (Å²) >= 11 is 0. The van der Waals surface area contributed by atoms with Gasteiger partial charge >= 0.3 is 0 Å². The summed E-state index contributed by atoms with van der Waals surface area (Å²) in [6.07, 6.45) is 1.12. The molecule has 4 rings (SSSR count). The third-order valence-corrected chi connectivity index (χ3v) is 5.43. The molecule has 1 fully saturated rings. The van der Waals surface area contributed by atoms with Crippen molar-refractivity contribution in [1.82, 2.24) is 14.9 Å². The molecule has 0 bridgehead atoms. The van der Waals surface area contributed by atoms with Gasteiger partial charge in [0.05, 0.1) is 24.3 Å². The maximum atomic E-state index is 6.01. The van der Waals surface area contributed by atoms with E-state index in [9.17, 15) is 0 Å². The molecule has 1 atom stereocenters. The number of likely N-dealkylation sites (tertiary alicyclic amines) is 1. The van der Waals surface area contributed by atoms with E-state index in [-0.39, 0.29) is 5.41 Å². The zero-order valence-electron chi connectivity index (χ0n) is 15.5. The van der Waals surface area contributed by atoms with Crippen molar-refractivity contribution in [2.24, 2.45) is 5.92 Å². The molecule has 1 saturated heterocycles.